The van der Waals surface area contributed by atoms with Gasteiger partial charge in [-0.3, -0.25) is 0 Å². The average molecular weight is 973 g/mol. The fourth-order valence-corrected chi connectivity index (χ4v) is 12.7. The number of anilines is 2. The number of nitrogens with two attached hydrogens (primary N) is 2. The van der Waals surface area contributed by atoms with E-state index in [-0.39, 0.29) is 0 Å². The summed E-state index contributed by atoms with van der Waals surface area (Å²) in [6, 6.07) is 77.7. The molecule has 0 fully saturated rings. The summed E-state index contributed by atoms with van der Waals surface area (Å²) in [5, 5.41) is 0. The summed E-state index contributed by atoms with van der Waals surface area (Å²) in [7, 11) is 0. The predicted molar refractivity (Wildman–Crippen MR) is 280 cm³/mol. The molecule has 0 heterocycles. The Labute approximate surface area is 410 Å². The van der Waals surface area contributed by atoms with Crippen LogP contribution in [0.4, 0.5) is 11.4 Å². The van der Waals surface area contributed by atoms with E-state index >= 15 is 0 Å². The summed E-state index contributed by atoms with van der Waals surface area (Å²) in [5.74, 6) is 0. The molecule has 9 aromatic carbocycles. The van der Waals surface area contributed by atoms with Crippen LogP contribution < -0.4 is 11.5 Å². The van der Waals surface area contributed by atoms with Gasteiger partial charge in [-0.05, 0) is 218 Å². The Hall–Kier alpha value is -4.62. The predicted octanol–water partition coefficient (Wildman–Crippen LogP) is 18.1. The molecule has 2 nitrogen and oxygen atoms in total. The van der Waals surface area contributed by atoms with Gasteiger partial charge < -0.3 is 11.5 Å². The molecule has 64 heavy (non-hydrogen) atoms. The number of rotatable bonds is 16. The Bertz CT molecular complexity index is 2670. The molecular formula is C54H40N2S8. The van der Waals surface area contributed by atoms with Crippen molar-refractivity contribution in [1.82, 2.24) is 0 Å². The molecule has 0 saturated heterocycles. The Kier molecular flexibility index (Phi) is 15.4. The van der Waals surface area contributed by atoms with Crippen molar-refractivity contribution in [3.63, 3.8) is 0 Å². The van der Waals surface area contributed by atoms with Gasteiger partial charge in [0, 0.05) is 89.7 Å². The van der Waals surface area contributed by atoms with Crippen LogP contribution in [0.1, 0.15) is 0 Å². The number of benzene rings is 9. The fourth-order valence-electron chi connectivity index (χ4n) is 6.19. The zero-order valence-corrected chi connectivity index (χ0v) is 40.7. The van der Waals surface area contributed by atoms with Crippen molar-refractivity contribution >= 4 is 105 Å². The second-order valence-corrected chi connectivity index (χ2v) is 23.4. The van der Waals surface area contributed by atoms with Crippen molar-refractivity contribution in [2.24, 2.45) is 0 Å². The molecule has 9 rings (SSSR count). The molecule has 4 N–H and O–H groups in total. The quantitative estimate of drug-likeness (QED) is 0.0916. The molecule has 0 atom stereocenters. The molecule has 0 unspecified atom stereocenters. The van der Waals surface area contributed by atoms with Crippen LogP contribution in [-0.2, 0) is 0 Å². The first kappa shape index (κ1) is 44.6. The van der Waals surface area contributed by atoms with Crippen LogP contribution in [0, 0.1) is 0 Å². The van der Waals surface area contributed by atoms with E-state index in [0.29, 0.717) is 0 Å². The summed E-state index contributed by atoms with van der Waals surface area (Å²) in [5.41, 5.74) is 13.2. The van der Waals surface area contributed by atoms with E-state index in [9.17, 15) is 0 Å². The lowest BCUT2D eigenvalue weighted by Gasteiger charge is -2.08. The molecule has 0 aliphatic rings. The van der Waals surface area contributed by atoms with Crippen molar-refractivity contribution in [1.29, 1.82) is 0 Å². The van der Waals surface area contributed by atoms with Crippen LogP contribution in [-0.4, -0.2) is 0 Å². The minimum Gasteiger partial charge on any atom is -0.399 e. The summed E-state index contributed by atoms with van der Waals surface area (Å²) >= 11 is 14.2. The van der Waals surface area contributed by atoms with Gasteiger partial charge in [-0.15, -0.1) is 0 Å². The largest absolute Gasteiger partial charge is 0.399 e. The number of nitrogen functional groups attached to an aromatic ring is 2. The second kappa shape index (κ2) is 22.0. The van der Waals surface area contributed by atoms with Gasteiger partial charge in [0.2, 0.25) is 0 Å². The maximum atomic E-state index is 5.83. The minimum absolute atomic E-state index is 0.787. The third-order valence-corrected chi connectivity index (χ3v) is 17.5. The van der Waals surface area contributed by atoms with E-state index in [2.05, 4.69) is 194 Å². The lowest BCUT2D eigenvalue weighted by atomic mass is 10.3. The van der Waals surface area contributed by atoms with Crippen LogP contribution >= 0.6 is 94.1 Å². The first-order valence-electron chi connectivity index (χ1n) is 20.2. The maximum Gasteiger partial charge on any atom is 0.0314 e. The lowest BCUT2D eigenvalue weighted by molar-refractivity contribution is 1.29. The Morgan fingerprint density at radius 1 is 0.141 bits per heavy atom. The van der Waals surface area contributed by atoms with Gasteiger partial charge >= 0.3 is 0 Å². The molecule has 0 bridgehead atoms. The Morgan fingerprint density at radius 2 is 0.219 bits per heavy atom. The third kappa shape index (κ3) is 13.2. The standard InChI is InChI=1S/C54H40N2S8/c55-37-1-5-39(6-2-37)57-41-9-13-43(14-10-41)59-45-17-21-47(22-18-45)61-49-25-29-51(30-26-49)63-53-33-35-54(36-34-53)64-52-31-27-50(28-32-52)62-48-23-19-46(20-24-48)60-44-15-11-42(12-16-44)58-40-7-3-38(56)4-8-40/h1-36H,55-56H2. The van der Waals surface area contributed by atoms with E-state index in [1.807, 2.05) is 24.3 Å². The average Bonchev–Trinajstić information content (AvgIpc) is 3.32. The summed E-state index contributed by atoms with van der Waals surface area (Å²) in [4.78, 5) is 19.5. The first-order chi connectivity index (χ1) is 31.4. The zero-order valence-electron chi connectivity index (χ0n) is 34.2. The molecule has 10 heteroatoms. The van der Waals surface area contributed by atoms with Gasteiger partial charge in [0.05, 0.1) is 0 Å². The van der Waals surface area contributed by atoms with Crippen LogP contribution in [0.5, 0.6) is 0 Å². The Morgan fingerprint density at radius 3 is 0.312 bits per heavy atom. The maximum absolute atomic E-state index is 5.83. The van der Waals surface area contributed by atoms with Gasteiger partial charge in [-0.25, -0.2) is 0 Å². The molecule has 9 aromatic rings. The molecule has 0 aromatic heterocycles. The van der Waals surface area contributed by atoms with Crippen molar-refractivity contribution in [2.75, 3.05) is 11.5 Å². The lowest BCUT2D eigenvalue weighted by Crippen LogP contribution is -1.82. The van der Waals surface area contributed by atoms with Gasteiger partial charge in [0.1, 0.15) is 0 Å². The molecule has 0 aliphatic heterocycles. The molecule has 0 radical (unpaired) electrons. The molecule has 0 amide bonds. The van der Waals surface area contributed by atoms with Gasteiger partial charge in [0.15, 0.2) is 0 Å². The van der Waals surface area contributed by atoms with Crippen molar-refractivity contribution in [2.45, 2.75) is 78.3 Å². The highest BCUT2D eigenvalue weighted by Crippen LogP contribution is 2.39. The second-order valence-electron chi connectivity index (χ2n) is 14.3. The van der Waals surface area contributed by atoms with E-state index in [0.717, 1.165) is 11.4 Å². The normalized spacial score (nSPS) is 11.1. The highest BCUT2D eigenvalue weighted by molar-refractivity contribution is 8.01. The summed E-state index contributed by atoms with van der Waals surface area (Å²) < 4.78 is 0. The van der Waals surface area contributed by atoms with E-state index in [1.165, 1.54) is 78.3 Å². The van der Waals surface area contributed by atoms with Gasteiger partial charge in [-0.1, -0.05) is 94.1 Å². The summed E-state index contributed by atoms with van der Waals surface area (Å²) in [6.07, 6.45) is 0. The third-order valence-electron chi connectivity index (χ3n) is 9.41. The molecule has 0 aliphatic carbocycles. The van der Waals surface area contributed by atoms with Crippen molar-refractivity contribution in [3.8, 4) is 0 Å². The SMILES string of the molecule is Nc1ccc(Sc2ccc(Sc3ccc(Sc4ccc(Sc5ccc(Sc6ccc(Sc7ccc(Sc8ccc(Sc9ccc(N)cc9)cc8)cc7)cc6)cc5)cc4)cc3)cc2)cc1. The van der Waals surface area contributed by atoms with Crippen LogP contribution in [0.2, 0.25) is 0 Å². The highest BCUT2D eigenvalue weighted by Gasteiger charge is 2.07. The van der Waals surface area contributed by atoms with Crippen molar-refractivity contribution < 1.29 is 0 Å². The summed E-state index contributed by atoms with van der Waals surface area (Å²) in [6.45, 7) is 0. The van der Waals surface area contributed by atoms with Crippen LogP contribution in [0.3, 0.4) is 0 Å². The first-order valence-corrected chi connectivity index (χ1v) is 26.8. The minimum atomic E-state index is 0.787. The molecule has 0 saturated carbocycles. The Balaban J connectivity index is 0.700. The smallest absolute Gasteiger partial charge is 0.0314 e. The van der Waals surface area contributed by atoms with Gasteiger partial charge in [0.25, 0.3) is 0 Å². The van der Waals surface area contributed by atoms with Gasteiger partial charge in [-0.2, -0.15) is 0 Å². The molecule has 314 valence electrons. The van der Waals surface area contributed by atoms with Crippen molar-refractivity contribution in [3.05, 3.63) is 218 Å². The highest BCUT2D eigenvalue weighted by atomic mass is 32.2. The molecule has 0 spiro atoms. The monoisotopic (exact) mass is 972 g/mol. The van der Waals surface area contributed by atoms with E-state index in [1.54, 1.807) is 94.1 Å². The van der Waals surface area contributed by atoms with Crippen LogP contribution in [0.15, 0.2) is 297 Å². The fraction of sp³-hybridized carbons (Fsp3) is 0. The van der Waals surface area contributed by atoms with E-state index in [4.69, 9.17) is 11.5 Å². The topological polar surface area (TPSA) is 52.0 Å². The van der Waals surface area contributed by atoms with Crippen LogP contribution in [0.25, 0.3) is 0 Å². The molecular weight excluding hydrogens is 933 g/mol. The van der Waals surface area contributed by atoms with E-state index < -0.39 is 0 Å². The number of hydrogen-bond acceptors (Lipinski definition) is 10. The number of hydrogen-bond donors (Lipinski definition) is 2. The zero-order chi connectivity index (χ0) is 43.5.